The largest absolute Gasteiger partial charge is 0.369 e. The van der Waals surface area contributed by atoms with E-state index in [9.17, 15) is 0 Å². The first-order valence-electron chi connectivity index (χ1n) is 5.78. The van der Waals surface area contributed by atoms with Gasteiger partial charge in [-0.25, -0.2) is 0 Å². The lowest BCUT2D eigenvalue weighted by Crippen LogP contribution is -2.27. The van der Waals surface area contributed by atoms with Gasteiger partial charge in [-0.05, 0) is 32.4 Å². The summed E-state index contributed by atoms with van der Waals surface area (Å²) in [7, 11) is 0. The molecule has 1 rings (SSSR count). The monoisotopic (exact) mass is 207 g/mol. The summed E-state index contributed by atoms with van der Waals surface area (Å²) in [4.78, 5) is 4.40. The lowest BCUT2D eigenvalue weighted by Gasteiger charge is -2.28. The Hall–Kier alpha value is -0.890. The molecule has 2 nitrogen and oxygen atoms in total. The van der Waals surface area contributed by atoms with Crippen molar-refractivity contribution in [1.82, 2.24) is 4.98 Å². The molecule has 0 radical (unpaired) electrons. The van der Waals surface area contributed by atoms with E-state index in [0.717, 1.165) is 18.7 Å². The van der Waals surface area contributed by atoms with Crippen molar-refractivity contribution in [3.8, 4) is 0 Å². The molecule has 0 saturated heterocycles. The molecule has 15 heavy (non-hydrogen) atoms. The second-order valence-electron chi connectivity index (χ2n) is 3.98. The SMILES string of the molecule is CCCCC(C)(OCC)c1ccccn1. The molecule has 1 unspecified atom stereocenters. The number of hydrogen-bond donors (Lipinski definition) is 0. The lowest BCUT2D eigenvalue weighted by atomic mass is 9.94. The molecular weight excluding hydrogens is 186 g/mol. The van der Waals surface area contributed by atoms with Crippen molar-refractivity contribution >= 4 is 0 Å². The zero-order valence-electron chi connectivity index (χ0n) is 9.99. The Morgan fingerprint density at radius 2 is 2.13 bits per heavy atom. The van der Waals surface area contributed by atoms with Crippen molar-refractivity contribution in [3.05, 3.63) is 30.1 Å². The molecule has 0 fully saturated rings. The number of pyridine rings is 1. The van der Waals surface area contributed by atoms with Gasteiger partial charge in [0, 0.05) is 12.8 Å². The highest BCUT2D eigenvalue weighted by Crippen LogP contribution is 2.29. The van der Waals surface area contributed by atoms with Crippen molar-refractivity contribution < 1.29 is 4.74 Å². The summed E-state index contributed by atoms with van der Waals surface area (Å²) in [5, 5.41) is 0. The first kappa shape index (κ1) is 12.2. The van der Waals surface area contributed by atoms with E-state index in [1.807, 2.05) is 31.3 Å². The molecule has 1 aromatic rings. The molecule has 0 N–H and O–H groups in total. The third-order valence-corrected chi connectivity index (χ3v) is 2.68. The highest BCUT2D eigenvalue weighted by atomic mass is 16.5. The van der Waals surface area contributed by atoms with Crippen LogP contribution >= 0.6 is 0 Å². The summed E-state index contributed by atoms with van der Waals surface area (Å²) < 4.78 is 5.86. The molecule has 1 aromatic heterocycles. The van der Waals surface area contributed by atoms with Crippen molar-refractivity contribution in [1.29, 1.82) is 0 Å². The summed E-state index contributed by atoms with van der Waals surface area (Å²) in [6.07, 6.45) is 5.23. The number of hydrogen-bond acceptors (Lipinski definition) is 2. The first-order valence-corrected chi connectivity index (χ1v) is 5.78. The number of nitrogens with zero attached hydrogens (tertiary/aromatic N) is 1. The van der Waals surface area contributed by atoms with Crippen LogP contribution in [0.3, 0.4) is 0 Å². The molecule has 0 aliphatic heterocycles. The maximum Gasteiger partial charge on any atom is 0.107 e. The van der Waals surface area contributed by atoms with Gasteiger partial charge in [0.2, 0.25) is 0 Å². The van der Waals surface area contributed by atoms with Crippen LogP contribution < -0.4 is 0 Å². The van der Waals surface area contributed by atoms with E-state index in [1.54, 1.807) is 0 Å². The van der Waals surface area contributed by atoms with E-state index in [4.69, 9.17) is 4.74 Å². The van der Waals surface area contributed by atoms with Crippen LogP contribution in [0.25, 0.3) is 0 Å². The van der Waals surface area contributed by atoms with Gasteiger partial charge in [0.1, 0.15) is 5.60 Å². The Balaban J connectivity index is 2.80. The third kappa shape index (κ3) is 3.31. The standard InChI is InChI=1S/C13H21NO/c1-4-6-10-13(3,15-5-2)12-9-7-8-11-14-12/h7-9,11H,4-6,10H2,1-3H3. The maximum atomic E-state index is 5.86. The average Bonchev–Trinajstić information content (AvgIpc) is 2.28. The van der Waals surface area contributed by atoms with Crippen LogP contribution in [0, 0.1) is 0 Å². The molecule has 84 valence electrons. The average molecular weight is 207 g/mol. The Morgan fingerprint density at radius 1 is 1.33 bits per heavy atom. The zero-order chi connectivity index (χ0) is 11.1. The molecule has 1 atom stereocenters. The van der Waals surface area contributed by atoms with Gasteiger partial charge in [-0.1, -0.05) is 25.8 Å². The number of aromatic nitrogens is 1. The van der Waals surface area contributed by atoms with Gasteiger partial charge in [0.25, 0.3) is 0 Å². The Bertz CT molecular complexity index is 273. The van der Waals surface area contributed by atoms with Crippen LogP contribution in [0.5, 0.6) is 0 Å². The smallest absolute Gasteiger partial charge is 0.107 e. The highest BCUT2D eigenvalue weighted by molar-refractivity contribution is 5.12. The molecular formula is C13H21NO. The fraction of sp³-hybridized carbons (Fsp3) is 0.615. The van der Waals surface area contributed by atoms with Gasteiger partial charge in [0.15, 0.2) is 0 Å². The minimum atomic E-state index is -0.216. The van der Waals surface area contributed by atoms with Crippen molar-refractivity contribution in [2.45, 2.75) is 45.6 Å². The first-order chi connectivity index (χ1) is 7.23. The van der Waals surface area contributed by atoms with E-state index in [0.29, 0.717) is 0 Å². The minimum absolute atomic E-state index is 0.216. The fourth-order valence-corrected chi connectivity index (χ4v) is 1.78. The van der Waals surface area contributed by atoms with Gasteiger partial charge in [-0.3, -0.25) is 4.98 Å². The van der Waals surface area contributed by atoms with Crippen LogP contribution in [0.15, 0.2) is 24.4 Å². The lowest BCUT2D eigenvalue weighted by molar-refractivity contribution is -0.0405. The fourth-order valence-electron chi connectivity index (χ4n) is 1.78. The molecule has 0 amide bonds. The predicted molar refractivity (Wildman–Crippen MR) is 62.7 cm³/mol. The van der Waals surface area contributed by atoms with Gasteiger partial charge >= 0.3 is 0 Å². The van der Waals surface area contributed by atoms with Crippen LogP contribution in [-0.2, 0) is 10.3 Å². The molecule has 0 spiro atoms. The molecule has 0 aliphatic carbocycles. The van der Waals surface area contributed by atoms with Gasteiger partial charge < -0.3 is 4.74 Å². The van der Waals surface area contributed by atoms with Crippen LogP contribution in [0.4, 0.5) is 0 Å². The van der Waals surface area contributed by atoms with E-state index in [1.165, 1.54) is 12.8 Å². The molecule has 0 saturated carbocycles. The Kier molecular flexibility index (Phi) is 4.76. The predicted octanol–water partition coefficient (Wildman–Crippen LogP) is 3.52. The van der Waals surface area contributed by atoms with E-state index in [2.05, 4.69) is 18.8 Å². The number of ether oxygens (including phenoxy) is 1. The van der Waals surface area contributed by atoms with Crippen molar-refractivity contribution in [2.75, 3.05) is 6.61 Å². The van der Waals surface area contributed by atoms with Gasteiger partial charge in [-0.2, -0.15) is 0 Å². The Labute approximate surface area is 92.7 Å². The van der Waals surface area contributed by atoms with E-state index in [-0.39, 0.29) is 5.60 Å². The number of unbranched alkanes of at least 4 members (excludes halogenated alkanes) is 1. The molecule has 0 bridgehead atoms. The summed E-state index contributed by atoms with van der Waals surface area (Å²) >= 11 is 0. The van der Waals surface area contributed by atoms with Crippen LogP contribution in [0.2, 0.25) is 0 Å². The maximum absolute atomic E-state index is 5.86. The third-order valence-electron chi connectivity index (χ3n) is 2.68. The molecule has 1 heterocycles. The second-order valence-corrected chi connectivity index (χ2v) is 3.98. The molecule has 0 aromatic carbocycles. The van der Waals surface area contributed by atoms with E-state index >= 15 is 0 Å². The highest BCUT2D eigenvalue weighted by Gasteiger charge is 2.27. The quantitative estimate of drug-likeness (QED) is 0.712. The Morgan fingerprint density at radius 3 is 2.67 bits per heavy atom. The summed E-state index contributed by atoms with van der Waals surface area (Å²) in [5.41, 5.74) is 0.826. The molecule has 0 aliphatic rings. The summed E-state index contributed by atoms with van der Waals surface area (Å²) in [6, 6.07) is 6.01. The van der Waals surface area contributed by atoms with Crippen LogP contribution in [0.1, 0.15) is 45.7 Å². The van der Waals surface area contributed by atoms with Gasteiger partial charge in [0.05, 0.1) is 5.69 Å². The van der Waals surface area contributed by atoms with Crippen LogP contribution in [-0.4, -0.2) is 11.6 Å². The van der Waals surface area contributed by atoms with Gasteiger partial charge in [-0.15, -0.1) is 0 Å². The van der Waals surface area contributed by atoms with E-state index < -0.39 is 0 Å². The summed E-state index contributed by atoms with van der Waals surface area (Å²) in [6.45, 7) is 7.10. The van der Waals surface area contributed by atoms with Crippen molar-refractivity contribution in [2.24, 2.45) is 0 Å². The minimum Gasteiger partial charge on any atom is -0.369 e. The topological polar surface area (TPSA) is 22.1 Å². The zero-order valence-corrected chi connectivity index (χ0v) is 9.99. The summed E-state index contributed by atoms with van der Waals surface area (Å²) in [5.74, 6) is 0. The normalized spacial score (nSPS) is 14.9. The van der Waals surface area contributed by atoms with Crippen molar-refractivity contribution in [3.63, 3.8) is 0 Å². The number of rotatable bonds is 6. The second kappa shape index (κ2) is 5.86. The molecule has 2 heteroatoms.